The molecule has 0 aliphatic rings. The Hall–Kier alpha value is -2.09. The van der Waals surface area contributed by atoms with E-state index >= 15 is 0 Å². The second-order valence-corrected chi connectivity index (χ2v) is 4.65. The highest BCUT2D eigenvalue weighted by Gasteiger charge is 2.16. The van der Waals surface area contributed by atoms with Crippen molar-refractivity contribution in [2.45, 2.75) is 26.2 Å². The molecule has 2 aromatic carbocycles. The number of carboxylic acids is 1. The van der Waals surface area contributed by atoms with Gasteiger partial charge >= 0.3 is 5.97 Å². The van der Waals surface area contributed by atoms with Gasteiger partial charge in [-0.05, 0) is 40.8 Å². The summed E-state index contributed by atoms with van der Waals surface area (Å²) in [7, 11) is 0. The molecule has 19 heavy (non-hydrogen) atoms. The number of carbonyl (C=O) groups is 1. The zero-order valence-electron chi connectivity index (χ0n) is 11.1. The van der Waals surface area contributed by atoms with Gasteiger partial charge in [-0.1, -0.05) is 50.3 Å². The van der Waals surface area contributed by atoms with E-state index in [0.29, 0.717) is 11.1 Å². The van der Waals surface area contributed by atoms with Gasteiger partial charge in [0.05, 0.1) is 5.56 Å². The highest BCUT2D eigenvalue weighted by atomic mass is 16.4. The lowest BCUT2D eigenvalue weighted by Crippen LogP contribution is -2.06. The summed E-state index contributed by atoms with van der Waals surface area (Å²) in [6.45, 7) is 5.85. The van der Waals surface area contributed by atoms with E-state index in [9.17, 15) is 9.90 Å². The van der Waals surface area contributed by atoms with Crippen LogP contribution in [0.4, 0.5) is 0 Å². The molecule has 0 amide bonds. The average molecular weight is 254 g/mol. The molecule has 0 radical (unpaired) electrons. The summed E-state index contributed by atoms with van der Waals surface area (Å²) < 4.78 is 0. The molecule has 0 aromatic heterocycles. The highest BCUT2D eigenvalue weighted by Crippen LogP contribution is 2.28. The third-order valence-corrected chi connectivity index (χ3v) is 3.40. The Balaban J connectivity index is 2.78. The second-order valence-electron chi connectivity index (χ2n) is 4.65. The molecule has 98 valence electrons. The minimum atomic E-state index is -0.869. The van der Waals surface area contributed by atoms with Crippen molar-refractivity contribution in [3.05, 3.63) is 53.6 Å². The Kier molecular flexibility index (Phi) is 4.00. The molecule has 0 saturated heterocycles. The van der Waals surface area contributed by atoms with Crippen LogP contribution in [0, 0.1) is 0 Å². The molecule has 0 saturated carbocycles. The molecule has 0 unspecified atom stereocenters. The normalized spacial score (nSPS) is 10.6. The van der Waals surface area contributed by atoms with Gasteiger partial charge in [0.2, 0.25) is 0 Å². The van der Waals surface area contributed by atoms with E-state index < -0.39 is 5.97 Å². The standard InChI is InChI=1S/C17H18O2/c1-3-5-9-15-14-10-7-6-8-13(14)11-12(4-2)16(15)17(18)19/h4,6-8,10-11H,2-3,5,9H2,1H3,(H,18,19). The molecule has 2 heteroatoms. The predicted octanol–water partition coefficient (Wildman–Crippen LogP) is 4.52. The summed E-state index contributed by atoms with van der Waals surface area (Å²) in [5.41, 5.74) is 2.04. The van der Waals surface area contributed by atoms with Crippen LogP contribution in [0.5, 0.6) is 0 Å². The van der Waals surface area contributed by atoms with E-state index in [2.05, 4.69) is 13.5 Å². The van der Waals surface area contributed by atoms with Gasteiger partial charge in [-0.2, -0.15) is 0 Å². The lowest BCUT2D eigenvalue weighted by Gasteiger charge is -2.13. The van der Waals surface area contributed by atoms with Crippen molar-refractivity contribution in [3.63, 3.8) is 0 Å². The molecular formula is C17H18O2. The fourth-order valence-corrected chi connectivity index (χ4v) is 2.47. The van der Waals surface area contributed by atoms with Crippen molar-refractivity contribution in [2.24, 2.45) is 0 Å². The van der Waals surface area contributed by atoms with Gasteiger partial charge in [0.1, 0.15) is 0 Å². The van der Waals surface area contributed by atoms with Crippen LogP contribution in [-0.2, 0) is 6.42 Å². The molecule has 0 atom stereocenters. The summed E-state index contributed by atoms with van der Waals surface area (Å²) in [6, 6.07) is 9.85. The van der Waals surface area contributed by atoms with E-state index in [0.717, 1.165) is 35.6 Å². The van der Waals surface area contributed by atoms with Gasteiger partial charge in [0, 0.05) is 0 Å². The average Bonchev–Trinajstić information content (AvgIpc) is 2.43. The number of aryl methyl sites for hydroxylation is 1. The van der Waals surface area contributed by atoms with Gasteiger partial charge in [-0.3, -0.25) is 0 Å². The fourth-order valence-electron chi connectivity index (χ4n) is 2.47. The molecule has 2 rings (SSSR count). The van der Waals surface area contributed by atoms with E-state index in [1.807, 2.05) is 30.3 Å². The number of fused-ring (bicyclic) bond motifs is 1. The fraction of sp³-hybridized carbons (Fsp3) is 0.235. The Morgan fingerprint density at radius 2 is 2.11 bits per heavy atom. The molecule has 0 aliphatic heterocycles. The number of carboxylic acid groups (broad SMARTS) is 1. The summed E-state index contributed by atoms with van der Waals surface area (Å²) in [6.07, 6.45) is 4.46. The van der Waals surface area contributed by atoms with Gasteiger partial charge in [0.15, 0.2) is 0 Å². The maximum atomic E-state index is 11.6. The van der Waals surface area contributed by atoms with E-state index in [-0.39, 0.29) is 0 Å². The first-order chi connectivity index (χ1) is 9.19. The lowest BCUT2D eigenvalue weighted by atomic mass is 9.91. The first-order valence-corrected chi connectivity index (χ1v) is 6.59. The van der Waals surface area contributed by atoms with Crippen LogP contribution in [0.15, 0.2) is 36.9 Å². The Morgan fingerprint density at radius 3 is 2.74 bits per heavy atom. The molecule has 0 aliphatic carbocycles. The van der Waals surface area contributed by atoms with Crippen LogP contribution < -0.4 is 0 Å². The van der Waals surface area contributed by atoms with Crippen LogP contribution in [0.1, 0.15) is 41.3 Å². The highest BCUT2D eigenvalue weighted by molar-refractivity contribution is 6.01. The van der Waals surface area contributed by atoms with E-state index in [1.54, 1.807) is 6.08 Å². The number of rotatable bonds is 5. The summed E-state index contributed by atoms with van der Waals surface area (Å²) >= 11 is 0. The van der Waals surface area contributed by atoms with Crippen molar-refractivity contribution in [1.82, 2.24) is 0 Å². The van der Waals surface area contributed by atoms with Gasteiger partial charge < -0.3 is 5.11 Å². The third kappa shape index (κ3) is 2.53. The monoisotopic (exact) mass is 254 g/mol. The summed E-state index contributed by atoms with van der Waals surface area (Å²) in [5, 5.41) is 11.6. The summed E-state index contributed by atoms with van der Waals surface area (Å²) in [5.74, 6) is -0.869. The molecule has 0 bridgehead atoms. The van der Waals surface area contributed by atoms with Gasteiger partial charge in [0.25, 0.3) is 0 Å². The number of unbranched alkanes of at least 4 members (excludes halogenated alkanes) is 1. The van der Waals surface area contributed by atoms with Crippen LogP contribution in [0.2, 0.25) is 0 Å². The zero-order chi connectivity index (χ0) is 13.8. The molecule has 0 heterocycles. The maximum absolute atomic E-state index is 11.6. The van der Waals surface area contributed by atoms with E-state index in [4.69, 9.17) is 0 Å². The Morgan fingerprint density at radius 1 is 1.37 bits per heavy atom. The topological polar surface area (TPSA) is 37.3 Å². The largest absolute Gasteiger partial charge is 0.478 e. The van der Waals surface area contributed by atoms with Crippen molar-refractivity contribution in [3.8, 4) is 0 Å². The third-order valence-electron chi connectivity index (χ3n) is 3.40. The second kappa shape index (κ2) is 5.70. The van der Waals surface area contributed by atoms with Crippen LogP contribution >= 0.6 is 0 Å². The van der Waals surface area contributed by atoms with Crippen molar-refractivity contribution in [2.75, 3.05) is 0 Å². The van der Waals surface area contributed by atoms with Gasteiger partial charge in [-0.15, -0.1) is 0 Å². The molecule has 0 spiro atoms. The molecule has 0 fully saturated rings. The van der Waals surface area contributed by atoms with Crippen LogP contribution in [0.25, 0.3) is 16.8 Å². The molecule has 1 N–H and O–H groups in total. The maximum Gasteiger partial charge on any atom is 0.336 e. The Bertz CT molecular complexity index is 626. The quantitative estimate of drug-likeness (QED) is 0.851. The molecule has 2 nitrogen and oxygen atoms in total. The van der Waals surface area contributed by atoms with Crippen LogP contribution in [-0.4, -0.2) is 11.1 Å². The van der Waals surface area contributed by atoms with Crippen molar-refractivity contribution in [1.29, 1.82) is 0 Å². The molecule has 2 aromatic rings. The minimum absolute atomic E-state index is 0.405. The predicted molar refractivity (Wildman–Crippen MR) is 79.6 cm³/mol. The van der Waals surface area contributed by atoms with Crippen molar-refractivity contribution < 1.29 is 9.90 Å². The first kappa shape index (κ1) is 13.3. The van der Waals surface area contributed by atoms with Gasteiger partial charge in [-0.25, -0.2) is 4.79 Å². The van der Waals surface area contributed by atoms with Crippen LogP contribution in [0.3, 0.4) is 0 Å². The lowest BCUT2D eigenvalue weighted by molar-refractivity contribution is 0.0695. The van der Waals surface area contributed by atoms with Crippen molar-refractivity contribution >= 4 is 22.8 Å². The number of aromatic carboxylic acids is 1. The number of hydrogen-bond acceptors (Lipinski definition) is 1. The number of benzene rings is 2. The zero-order valence-corrected chi connectivity index (χ0v) is 11.1. The minimum Gasteiger partial charge on any atom is -0.478 e. The molecular weight excluding hydrogens is 236 g/mol. The number of hydrogen-bond donors (Lipinski definition) is 1. The first-order valence-electron chi connectivity index (χ1n) is 6.59. The van der Waals surface area contributed by atoms with E-state index in [1.165, 1.54) is 0 Å². The smallest absolute Gasteiger partial charge is 0.336 e. The summed E-state index contributed by atoms with van der Waals surface area (Å²) in [4.78, 5) is 11.6. The Labute approximate surface area is 113 Å². The SMILES string of the molecule is C=Cc1cc2ccccc2c(CCCC)c1C(=O)O.